The molecule has 118 valence electrons. The summed E-state index contributed by atoms with van der Waals surface area (Å²) in [6.45, 7) is 0.520. The van der Waals surface area contributed by atoms with Gasteiger partial charge in [0.25, 0.3) is 5.91 Å². The van der Waals surface area contributed by atoms with Crippen molar-refractivity contribution in [2.24, 2.45) is 17.8 Å². The molecular weight excluding hydrogens is 280 g/mol. The van der Waals surface area contributed by atoms with Crippen LogP contribution >= 0.6 is 0 Å². The highest BCUT2D eigenvalue weighted by Crippen LogP contribution is 2.54. The van der Waals surface area contributed by atoms with Crippen LogP contribution in [0.1, 0.15) is 36.0 Å². The van der Waals surface area contributed by atoms with E-state index in [1.54, 1.807) is 24.3 Å². The van der Waals surface area contributed by atoms with Crippen molar-refractivity contribution in [2.75, 3.05) is 18.5 Å². The first-order valence-corrected chi connectivity index (χ1v) is 7.99. The summed E-state index contributed by atoms with van der Waals surface area (Å²) < 4.78 is 0. The number of anilines is 1. The van der Waals surface area contributed by atoms with Crippen LogP contribution in [0.4, 0.5) is 5.69 Å². The SMILES string of the molecule is O=C(NCCCO)c1ccc(NC(=O)C2CC2C2CC2)cc1. The first kappa shape index (κ1) is 15.0. The molecule has 2 aliphatic rings. The highest BCUT2D eigenvalue weighted by Gasteiger charge is 2.51. The second-order valence-corrected chi connectivity index (χ2v) is 6.24. The molecule has 22 heavy (non-hydrogen) atoms. The van der Waals surface area contributed by atoms with Gasteiger partial charge in [0.05, 0.1) is 0 Å². The average molecular weight is 302 g/mol. The van der Waals surface area contributed by atoms with Gasteiger partial charge in [-0.3, -0.25) is 9.59 Å². The van der Waals surface area contributed by atoms with Crippen LogP contribution in [-0.2, 0) is 4.79 Å². The normalized spacial score (nSPS) is 23.0. The third-order valence-electron chi connectivity index (χ3n) is 4.44. The van der Waals surface area contributed by atoms with E-state index >= 15 is 0 Å². The van der Waals surface area contributed by atoms with Crippen molar-refractivity contribution < 1.29 is 14.7 Å². The van der Waals surface area contributed by atoms with E-state index in [1.165, 1.54) is 12.8 Å². The zero-order valence-electron chi connectivity index (χ0n) is 12.5. The number of nitrogens with one attached hydrogen (secondary N) is 2. The van der Waals surface area contributed by atoms with Crippen LogP contribution in [0.5, 0.6) is 0 Å². The molecule has 0 radical (unpaired) electrons. The Morgan fingerprint density at radius 2 is 1.91 bits per heavy atom. The highest BCUT2D eigenvalue weighted by molar-refractivity contribution is 5.97. The lowest BCUT2D eigenvalue weighted by Gasteiger charge is -2.07. The second kappa shape index (κ2) is 6.48. The van der Waals surface area contributed by atoms with Crippen LogP contribution in [0.2, 0.25) is 0 Å². The average Bonchev–Trinajstić information content (AvgIpc) is 3.39. The molecule has 0 aliphatic heterocycles. The molecule has 5 heteroatoms. The Morgan fingerprint density at radius 1 is 1.18 bits per heavy atom. The molecule has 2 amide bonds. The smallest absolute Gasteiger partial charge is 0.251 e. The zero-order valence-corrected chi connectivity index (χ0v) is 12.5. The fourth-order valence-corrected chi connectivity index (χ4v) is 2.88. The van der Waals surface area contributed by atoms with E-state index in [4.69, 9.17) is 5.11 Å². The molecule has 0 spiro atoms. The molecule has 1 aromatic rings. The van der Waals surface area contributed by atoms with Crippen molar-refractivity contribution >= 4 is 17.5 Å². The van der Waals surface area contributed by atoms with Gasteiger partial charge in [-0.15, -0.1) is 0 Å². The standard InChI is InChI=1S/C17H22N2O3/c20-9-1-8-18-16(21)12-4-6-13(7-5-12)19-17(22)15-10-14(15)11-2-3-11/h4-7,11,14-15,20H,1-3,8-10H2,(H,18,21)(H,19,22). The number of rotatable bonds is 7. The van der Waals surface area contributed by atoms with Crippen LogP contribution in [0, 0.1) is 17.8 Å². The lowest BCUT2D eigenvalue weighted by Crippen LogP contribution is -2.25. The Morgan fingerprint density at radius 3 is 2.55 bits per heavy atom. The molecule has 2 atom stereocenters. The molecular formula is C17H22N2O3. The third kappa shape index (κ3) is 3.65. The molecule has 0 aromatic heterocycles. The van der Waals surface area contributed by atoms with E-state index in [0.29, 0.717) is 24.4 Å². The molecule has 0 heterocycles. The second-order valence-electron chi connectivity index (χ2n) is 6.24. The Bertz CT molecular complexity index is 552. The Balaban J connectivity index is 1.48. The summed E-state index contributed by atoms with van der Waals surface area (Å²) in [6.07, 6.45) is 4.15. The lowest BCUT2D eigenvalue weighted by molar-refractivity contribution is -0.117. The quantitative estimate of drug-likeness (QED) is 0.672. The van der Waals surface area contributed by atoms with Gasteiger partial charge < -0.3 is 15.7 Å². The summed E-state index contributed by atoms with van der Waals surface area (Å²) in [5.74, 6) is 1.53. The Labute approximate surface area is 130 Å². The van der Waals surface area contributed by atoms with E-state index in [9.17, 15) is 9.59 Å². The highest BCUT2D eigenvalue weighted by atomic mass is 16.3. The minimum atomic E-state index is -0.165. The van der Waals surface area contributed by atoms with Gasteiger partial charge in [-0.25, -0.2) is 0 Å². The fourth-order valence-electron chi connectivity index (χ4n) is 2.88. The van der Waals surface area contributed by atoms with Crippen molar-refractivity contribution in [1.29, 1.82) is 0 Å². The van der Waals surface area contributed by atoms with E-state index in [1.807, 2.05) is 0 Å². The number of carbonyl (C=O) groups is 2. The topological polar surface area (TPSA) is 78.4 Å². The molecule has 2 unspecified atom stereocenters. The predicted molar refractivity (Wildman–Crippen MR) is 83.4 cm³/mol. The number of hydrogen-bond acceptors (Lipinski definition) is 3. The molecule has 3 rings (SSSR count). The number of benzene rings is 1. The van der Waals surface area contributed by atoms with Crippen LogP contribution in [0.25, 0.3) is 0 Å². The summed E-state index contributed by atoms with van der Waals surface area (Å²) in [7, 11) is 0. The summed E-state index contributed by atoms with van der Waals surface area (Å²) in [6, 6.07) is 6.92. The maximum atomic E-state index is 12.1. The Kier molecular flexibility index (Phi) is 4.43. The molecule has 2 saturated carbocycles. The third-order valence-corrected chi connectivity index (χ3v) is 4.44. The zero-order chi connectivity index (χ0) is 15.5. The molecule has 1 aromatic carbocycles. The van der Waals surface area contributed by atoms with Gasteiger partial charge in [-0.2, -0.15) is 0 Å². The van der Waals surface area contributed by atoms with E-state index < -0.39 is 0 Å². The van der Waals surface area contributed by atoms with E-state index in [-0.39, 0.29) is 24.3 Å². The van der Waals surface area contributed by atoms with Crippen molar-refractivity contribution in [1.82, 2.24) is 5.32 Å². The van der Waals surface area contributed by atoms with Gasteiger partial charge >= 0.3 is 0 Å². The van der Waals surface area contributed by atoms with Crippen molar-refractivity contribution in [2.45, 2.75) is 25.7 Å². The minimum absolute atomic E-state index is 0.0638. The maximum Gasteiger partial charge on any atom is 0.251 e. The lowest BCUT2D eigenvalue weighted by atomic mass is 10.1. The van der Waals surface area contributed by atoms with Gasteiger partial charge in [-0.05, 0) is 61.8 Å². The number of hydrogen-bond donors (Lipinski definition) is 3. The first-order chi connectivity index (χ1) is 10.7. The van der Waals surface area contributed by atoms with Crippen molar-refractivity contribution in [3.8, 4) is 0 Å². The van der Waals surface area contributed by atoms with Crippen molar-refractivity contribution in [3.05, 3.63) is 29.8 Å². The van der Waals surface area contributed by atoms with Crippen LogP contribution in [0.15, 0.2) is 24.3 Å². The summed E-state index contributed by atoms with van der Waals surface area (Å²) in [5, 5.41) is 14.3. The molecule has 0 saturated heterocycles. The molecule has 3 N–H and O–H groups in total. The summed E-state index contributed by atoms with van der Waals surface area (Å²) in [5.41, 5.74) is 1.29. The first-order valence-electron chi connectivity index (χ1n) is 7.99. The molecule has 2 fully saturated rings. The van der Waals surface area contributed by atoms with Gasteiger partial charge in [0.1, 0.15) is 0 Å². The van der Waals surface area contributed by atoms with E-state index in [0.717, 1.165) is 18.0 Å². The van der Waals surface area contributed by atoms with E-state index in [2.05, 4.69) is 10.6 Å². The largest absolute Gasteiger partial charge is 0.396 e. The molecule has 2 aliphatic carbocycles. The number of aliphatic hydroxyl groups excluding tert-OH is 1. The maximum absolute atomic E-state index is 12.1. The van der Waals surface area contributed by atoms with Crippen molar-refractivity contribution in [3.63, 3.8) is 0 Å². The Hall–Kier alpha value is -1.88. The summed E-state index contributed by atoms with van der Waals surface area (Å²) in [4.78, 5) is 23.9. The fraction of sp³-hybridized carbons (Fsp3) is 0.529. The van der Waals surface area contributed by atoms with Crippen LogP contribution in [-0.4, -0.2) is 30.1 Å². The number of amides is 2. The molecule has 5 nitrogen and oxygen atoms in total. The summed E-state index contributed by atoms with van der Waals surface area (Å²) >= 11 is 0. The van der Waals surface area contributed by atoms with Crippen LogP contribution in [0.3, 0.4) is 0 Å². The number of carbonyl (C=O) groups excluding carboxylic acids is 2. The minimum Gasteiger partial charge on any atom is -0.396 e. The molecule has 0 bridgehead atoms. The van der Waals surface area contributed by atoms with Gasteiger partial charge in [0.15, 0.2) is 0 Å². The monoisotopic (exact) mass is 302 g/mol. The van der Waals surface area contributed by atoms with Gasteiger partial charge in [0.2, 0.25) is 5.91 Å². The number of aliphatic hydroxyl groups is 1. The predicted octanol–water partition coefficient (Wildman–Crippen LogP) is 1.78. The van der Waals surface area contributed by atoms with Gasteiger partial charge in [0, 0.05) is 30.3 Å². The van der Waals surface area contributed by atoms with Gasteiger partial charge in [-0.1, -0.05) is 0 Å². The van der Waals surface area contributed by atoms with Crippen LogP contribution < -0.4 is 10.6 Å².